The highest BCUT2D eigenvalue weighted by molar-refractivity contribution is 5.82. The number of anilines is 1. The van der Waals surface area contributed by atoms with Gasteiger partial charge in [-0.2, -0.15) is 5.26 Å². The number of nitriles is 1. The van der Waals surface area contributed by atoms with E-state index in [0.29, 0.717) is 5.69 Å². The summed E-state index contributed by atoms with van der Waals surface area (Å²) in [5, 5.41) is 9.17. The highest BCUT2D eigenvalue weighted by atomic mass is 19.1. The summed E-state index contributed by atoms with van der Waals surface area (Å²) >= 11 is 0. The summed E-state index contributed by atoms with van der Waals surface area (Å²) < 4.78 is 14.9. The van der Waals surface area contributed by atoms with Crippen LogP contribution in [0.4, 0.5) is 10.3 Å². The van der Waals surface area contributed by atoms with Crippen molar-refractivity contribution >= 4 is 17.0 Å². The first-order valence-electron chi connectivity index (χ1n) is 6.05. The van der Waals surface area contributed by atoms with Crippen LogP contribution in [0.3, 0.4) is 0 Å². The molecule has 0 saturated heterocycles. The number of hydrogen-bond acceptors (Lipinski definition) is 3. The molecule has 0 aliphatic carbocycles. The van der Waals surface area contributed by atoms with Crippen molar-refractivity contribution in [3.63, 3.8) is 0 Å². The zero-order valence-corrected chi connectivity index (χ0v) is 10.8. The van der Waals surface area contributed by atoms with Gasteiger partial charge in [0, 0.05) is 0 Å². The Morgan fingerprint density at radius 2 is 2.05 bits per heavy atom. The van der Waals surface area contributed by atoms with Gasteiger partial charge in [0.1, 0.15) is 11.9 Å². The van der Waals surface area contributed by atoms with Crippen molar-refractivity contribution in [3.8, 4) is 11.8 Å². The van der Waals surface area contributed by atoms with Crippen LogP contribution in [0.1, 0.15) is 11.1 Å². The summed E-state index contributed by atoms with van der Waals surface area (Å²) in [4.78, 5) is 4.27. The summed E-state index contributed by atoms with van der Waals surface area (Å²) in [6, 6.07) is 11.8. The molecular formula is C15H11FN4. The van der Waals surface area contributed by atoms with E-state index < -0.39 is 5.82 Å². The van der Waals surface area contributed by atoms with Gasteiger partial charge in [-0.15, -0.1) is 0 Å². The number of imidazole rings is 1. The molecule has 0 fully saturated rings. The molecule has 5 heteroatoms. The minimum atomic E-state index is -0.454. The first-order valence-corrected chi connectivity index (χ1v) is 6.05. The number of nitrogens with zero attached hydrogens (tertiary/aromatic N) is 3. The predicted molar refractivity (Wildman–Crippen MR) is 74.9 cm³/mol. The predicted octanol–water partition coefficient (Wildman–Crippen LogP) is 2.93. The van der Waals surface area contributed by atoms with E-state index in [9.17, 15) is 4.39 Å². The zero-order chi connectivity index (χ0) is 14.3. The Labute approximate surface area is 114 Å². The largest absolute Gasteiger partial charge is 0.369 e. The molecule has 1 heterocycles. The molecule has 0 radical (unpaired) electrons. The molecule has 1 aromatic heterocycles. The number of benzene rings is 2. The van der Waals surface area contributed by atoms with Crippen LogP contribution in [0.25, 0.3) is 16.7 Å². The van der Waals surface area contributed by atoms with Crippen molar-refractivity contribution in [1.29, 1.82) is 5.26 Å². The van der Waals surface area contributed by atoms with Crippen LogP contribution in [0, 0.1) is 24.1 Å². The number of nitrogen functional groups attached to an aromatic ring is 1. The van der Waals surface area contributed by atoms with Crippen LogP contribution >= 0.6 is 0 Å². The first-order chi connectivity index (χ1) is 9.60. The maximum Gasteiger partial charge on any atom is 0.205 e. The van der Waals surface area contributed by atoms with Crippen molar-refractivity contribution < 1.29 is 4.39 Å². The van der Waals surface area contributed by atoms with E-state index in [1.54, 1.807) is 4.57 Å². The Hall–Kier alpha value is -2.87. The van der Waals surface area contributed by atoms with Crippen molar-refractivity contribution in [1.82, 2.24) is 9.55 Å². The fourth-order valence-electron chi connectivity index (χ4n) is 2.25. The van der Waals surface area contributed by atoms with Gasteiger partial charge in [-0.05, 0) is 42.8 Å². The molecule has 0 spiro atoms. The quantitative estimate of drug-likeness (QED) is 0.736. The molecule has 2 N–H and O–H groups in total. The molecule has 0 saturated carbocycles. The second-order valence-electron chi connectivity index (χ2n) is 4.57. The monoisotopic (exact) mass is 266 g/mol. The molecule has 0 unspecified atom stereocenters. The van der Waals surface area contributed by atoms with Gasteiger partial charge in [-0.3, -0.25) is 4.57 Å². The van der Waals surface area contributed by atoms with Gasteiger partial charge in [-0.25, -0.2) is 9.37 Å². The smallest absolute Gasteiger partial charge is 0.205 e. The van der Waals surface area contributed by atoms with Gasteiger partial charge < -0.3 is 5.73 Å². The Morgan fingerprint density at radius 1 is 1.25 bits per heavy atom. The average molecular weight is 266 g/mol. The average Bonchev–Trinajstić information content (AvgIpc) is 2.74. The molecule has 0 aliphatic heterocycles. The Morgan fingerprint density at radius 3 is 2.80 bits per heavy atom. The summed E-state index contributed by atoms with van der Waals surface area (Å²) in [5.74, 6) is -0.182. The second kappa shape index (κ2) is 4.35. The number of rotatable bonds is 1. The fraction of sp³-hybridized carbons (Fsp3) is 0.0667. The van der Waals surface area contributed by atoms with Crippen LogP contribution in [-0.4, -0.2) is 9.55 Å². The third-order valence-corrected chi connectivity index (χ3v) is 3.16. The lowest BCUT2D eigenvalue weighted by Gasteiger charge is -2.08. The summed E-state index contributed by atoms with van der Waals surface area (Å²) in [6.07, 6.45) is 0. The minimum absolute atomic E-state index is 0.220. The Bertz CT molecular complexity index is 858. The van der Waals surface area contributed by atoms with Crippen molar-refractivity contribution in [2.75, 3.05) is 5.73 Å². The van der Waals surface area contributed by atoms with Gasteiger partial charge >= 0.3 is 0 Å². The van der Waals surface area contributed by atoms with E-state index in [1.165, 1.54) is 18.2 Å². The number of fused-ring (bicyclic) bond motifs is 1. The highest BCUT2D eigenvalue weighted by Crippen LogP contribution is 2.26. The van der Waals surface area contributed by atoms with Crippen molar-refractivity contribution in [2.45, 2.75) is 6.92 Å². The van der Waals surface area contributed by atoms with Crippen molar-refractivity contribution in [2.24, 2.45) is 0 Å². The lowest BCUT2D eigenvalue weighted by molar-refractivity contribution is 0.627. The minimum Gasteiger partial charge on any atom is -0.369 e. The van der Waals surface area contributed by atoms with E-state index in [2.05, 4.69) is 4.98 Å². The van der Waals surface area contributed by atoms with Crippen LogP contribution in [-0.2, 0) is 0 Å². The first kappa shape index (κ1) is 12.2. The number of aromatic nitrogens is 2. The molecular weight excluding hydrogens is 255 g/mol. The second-order valence-corrected chi connectivity index (χ2v) is 4.57. The molecule has 3 rings (SSSR count). The molecule has 20 heavy (non-hydrogen) atoms. The fourth-order valence-corrected chi connectivity index (χ4v) is 2.25. The molecule has 98 valence electrons. The highest BCUT2D eigenvalue weighted by Gasteiger charge is 2.14. The SMILES string of the molecule is Cc1ccc2nc(N)n(-c3ccc(F)cc3C#N)c2c1. The summed E-state index contributed by atoms with van der Waals surface area (Å²) in [5.41, 5.74) is 9.28. The van der Waals surface area contributed by atoms with E-state index >= 15 is 0 Å². The summed E-state index contributed by atoms with van der Waals surface area (Å²) in [6.45, 7) is 1.96. The standard InChI is InChI=1S/C15H11FN4/c1-9-2-4-12-14(6-9)20(15(18)19-12)13-5-3-11(16)7-10(13)8-17/h2-7H,1H3,(H2,18,19). The molecule has 2 aromatic carbocycles. The molecule has 0 atom stereocenters. The topological polar surface area (TPSA) is 67.6 Å². The molecule has 4 nitrogen and oxygen atoms in total. The number of hydrogen-bond donors (Lipinski definition) is 1. The molecule has 3 aromatic rings. The normalized spacial score (nSPS) is 10.7. The van der Waals surface area contributed by atoms with E-state index in [4.69, 9.17) is 11.0 Å². The van der Waals surface area contributed by atoms with E-state index in [1.807, 2.05) is 31.2 Å². The Balaban J connectivity index is 2.38. The number of halogens is 1. The zero-order valence-electron chi connectivity index (χ0n) is 10.8. The van der Waals surface area contributed by atoms with Crippen LogP contribution in [0.15, 0.2) is 36.4 Å². The summed E-state index contributed by atoms with van der Waals surface area (Å²) in [7, 11) is 0. The van der Waals surface area contributed by atoms with E-state index in [-0.39, 0.29) is 11.5 Å². The van der Waals surface area contributed by atoms with Crippen LogP contribution in [0.2, 0.25) is 0 Å². The maximum atomic E-state index is 13.2. The van der Waals surface area contributed by atoms with E-state index in [0.717, 1.165) is 16.6 Å². The molecule has 0 bridgehead atoms. The van der Waals surface area contributed by atoms with Crippen LogP contribution in [0.5, 0.6) is 0 Å². The Kier molecular flexibility index (Phi) is 2.65. The van der Waals surface area contributed by atoms with Crippen LogP contribution < -0.4 is 5.73 Å². The van der Waals surface area contributed by atoms with Gasteiger partial charge in [0.15, 0.2) is 0 Å². The van der Waals surface area contributed by atoms with Gasteiger partial charge in [-0.1, -0.05) is 6.07 Å². The van der Waals surface area contributed by atoms with Crippen molar-refractivity contribution in [3.05, 3.63) is 53.3 Å². The lowest BCUT2D eigenvalue weighted by Crippen LogP contribution is -2.03. The third-order valence-electron chi connectivity index (χ3n) is 3.16. The molecule has 0 amide bonds. The van der Waals surface area contributed by atoms with Gasteiger partial charge in [0.2, 0.25) is 5.95 Å². The van der Waals surface area contributed by atoms with Gasteiger partial charge in [0.05, 0.1) is 22.3 Å². The van der Waals surface area contributed by atoms with Gasteiger partial charge in [0.25, 0.3) is 0 Å². The lowest BCUT2D eigenvalue weighted by atomic mass is 10.1. The number of aryl methyl sites for hydroxylation is 1. The molecule has 0 aliphatic rings. The number of nitrogens with two attached hydrogens (primary N) is 1. The third kappa shape index (κ3) is 1.79. The maximum absolute atomic E-state index is 13.2.